The zero-order chi connectivity index (χ0) is 11.8. The number of fused-ring (bicyclic) bond motifs is 1. The first kappa shape index (κ1) is 9.71. The molecule has 0 fully saturated rings. The molecule has 2 N–H and O–H groups in total. The number of halogens is 1. The van der Waals surface area contributed by atoms with Crippen molar-refractivity contribution in [2.45, 2.75) is 0 Å². The van der Waals surface area contributed by atoms with Crippen molar-refractivity contribution in [3.8, 4) is 11.3 Å². The van der Waals surface area contributed by atoms with Gasteiger partial charge in [-0.2, -0.15) is 0 Å². The van der Waals surface area contributed by atoms with Crippen LogP contribution in [-0.4, -0.2) is 20.4 Å². The molecule has 0 saturated heterocycles. The van der Waals surface area contributed by atoms with Crippen molar-refractivity contribution in [3.05, 3.63) is 46.6 Å². The van der Waals surface area contributed by atoms with E-state index in [4.69, 9.17) is 0 Å². The molecule has 17 heavy (non-hydrogen) atoms. The molecule has 5 nitrogen and oxygen atoms in total. The minimum atomic E-state index is -0.452. The van der Waals surface area contributed by atoms with Gasteiger partial charge in [0, 0.05) is 5.39 Å². The lowest BCUT2D eigenvalue weighted by Crippen LogP contribution is -2.09. The van der Waals surface area contributed by atoms with E-state index in [0.717, 1.165) is 0 Å². The van der Waals surface area contributed by atoms with Crippen LogP contribution in [0.25, 0.3) is 22.2 Å². The zero-order valence-electron chi connectivity index (χ0n) is 8.57. The molecule has 0 bridgehead atoms. The minimum absolute atomic E-state index is 0.199. The largest absolute Gasteiger partial charge is 0.319 e. The second kappa shape index (κ2) is 3.51. The highest BCUT2D eigenvalue weighted by molar-refractivity contribution is 5.83. The summed E-state index contributed by atoms with van der Waals surface area (Å²) in [5.41, 5.74) is 0.593. The van der Waals surface area contributed by atoms with E-state index < -0.39 is 11.4 Å². The van der Waals surface area contributed by atoms with Crippen molar-refractivity contribution in [2.24, 2.45) is 0 Å². The second-order valence-corrected chi connectivity index (χ2v) is 3.57. The standard InChI is InChI=1S/C11H7FN4O/c12-8-3-1-2-6-4-7(9-5-13-16-15-9)11(17)14-10(6)8/h1-5H,(H,14,17)(H,13,15,16). The number of benzene rings is 1. The Morgan fingerprint density at radius 3 is 2.94 bits per heavy atom. The van der Waals surface area contributed by atoms with Crippen LogP contribution in [0.15, 0.2) is 35.3 Å². The topological polar surface area (TPSA) is 74.4 Å². The quantitative estimate of drug-likeness (QED) is 0.664. The first-order valence-corrected chi connectivity index (χ1v) is 4.94. The SMILES string of the molecule is O=c1[nH]c2c(F)cccc2cc1-c1c[nH]nn1. The first-order chi connectivity index (χ1) is 8.25. The number of aromatic amines is 2. The van der Waals surface area contributed by atoms with E-state index in [0.29, 0.717) is 16.6 Å². The predicted molar refractivity (Wildman–Crippen MR) is 59.9 cm³/mol. The van der Waals surface area contributed by atoms with E-state index in [2.05, 4.69) is 20.4 Å². The lowest BCUT2D eigenvalue weighted by atomic mass is 10.1. The smallest absolute Gasteiger partial charge is 0.258 e. The molecule has 0 aliphatic heterocycles. The Morgan fingerprint density at radius 2 is 2.18 bits per heavy atom. The van der Waals surface area contributed by atoms with Crippen LogP contribution in [0.4, 0.5) is 4.39 Å². The zero-order valence-corrected chi connectivity index (χ0v) is 8.57. The molecule has 2 heterocycles. The van der Waals surface area contributed by atoms with Crippen LogP contribution >= 0.6 is 0 Å². The number of para-hydroxylation sites is 1. The molecule has 2 aromatic heterocycles. The Balaban J connectivity index is 2.36. The number of rotatable bonds is 1. The van der Waals surface area contributed by atoms with Crippen molar-refractivity contribution in [3.63, 3.8) is 0 Å². The summed E-state index contributed by atoms with van der Waals surface area (Å²) in [5.74, 6) is -0.452. The van der Waals surface area contributed by atoms with Crippen molar-refractivity contribution in [1.29, 1.82) is 0 Å². The fourth-order valence-electron chi connectivity index (χ4n) is 1.72. The number of nitrogens with zero attached hydrogens (tertiary/aromatic N) is 2. The third kappa shape index (κ3) is 1.50. The van der Waals surface area contributed by atoms with Crippen LogP contribution in [-0.2, 0) is 0 Å². The number of aromatic nitrogens is 4. The highest BCUT2D eigenvalue weighted by Gasteiger charge is 2.09. The number of hydrogen-bond acceptors (Lipinski definition) is 3. The Kier molecular flexibility index (Phi) is 2.01. The van der Waals surface area contributed by atoms with Crippen LogP contribution in [0.5, 0.6) is 0 Å². The molecule has 3 aromatic rings. The number of H-pyrrole nitrogens is 2. The van der Waals surface area contributed by atoms with Crippen molar-refractivity contribution >= 4 is 10.9 Å². The molecular weight excluding hydrogens is 223 g/mol. The van der Waals surface area contributed by atoms with Gasteiger partial charge >= 0.3 is 0 Å². The van der Waals surface area contributed by atoms with E-state index in [1.807, 2.05) is 0 Å². The van der Waals surface area contributed by atoms with Crippen LogP contribution in [0.3, 0.4) is 0 Å². The van der Waals surface area contributed by atoms with Gasteiger partial charge in [0.1, 0.15) is 11.5 Å². The van der Waals surface area contributed by atoms with Gasteiger partial charge in [0.2, 0.25) is 0 Å². The monoisotopic (exact) mass is 230 g/mol. The van der Waals surface area contributed by atoms with E-state index in [1.54, 1.807) is 18.2 Å². The Hall–Kier alpha value is -2.50. The molecule has 0 saturated carbocycles. The lowest BCUT2D eigenvalue weighted by Gasteiger charge is -2.01. The van der Waals surface area contributed by atoms with Gasteiger partial charge in [-0.05, 0) is 12.1 Å². The van der Waals surface area contributed by atoms with Gasteiger partial charge in [-0.25, -0.2) is 4.39 Å². The molecule has 0 atom stereocenters. The van der Waals surface area contributed by atoms with Crippen LogP contribution in [0.2, 0.25) is 0 Å². The predicted octanol–water partition coefficient (Wildman–Crippen LogP) is 1.45. The fourth-order valence-corrected chi connectivity index (χ4v) is 1.72. The fraction of sp³-hybridized carbons (Fsp3) is 0. The molecule has 0 amide bonds. The van der Waals surface area contributed by atoms with Crippen molar-refractivity contribution in [1.82, 2.24) is 20.4 Å². The summed E-state index contributed by atoms with van der Waals surface area (Å²) in [5, 5.41) is 10.4. The summed E-state index contributed by atoms with van der Waals surface area (Å²) in [7, 11) is 0. The van der Waals surface area contributed by atoms with E-state index >= 15 is 0 Å². The van der Waals surface area contributed by atoms with Gasteiger partial charge in [-0.1, -0.05) is 17.3 Å². The number of hydrogen-bond donors (Lipinski definition) is 2. The molecular formula is C11H7FN4O. The molecule has 0 aliphatic carbocycles. The third-order valence-corrected chi connectivity index (χ3v) is 2.52. The van der Waals surface area contributed by atoms with E-state index in [9.17, 15) is 9.18 Å². The van der Waals surface area contributed by atoms with Crippen LogP contribution < -0.4 is 5.56 Å². The second-order valence-electron chi connectivity index (χ2n) is 3.57. The Morgan fingerprint density at radius 1 is 1.29 bits per heavy atom. The summed E-state index contributed by atoms with van der Waals surface area (Å²) in [6, 6.07) is 6.20. The van der Waals surface area contributed by atoms with E-state index in [1.165, 1.54) is 12.3 Å². The maximum absolute atomic E-state index is 13.4. The summed E-state index contributed by atoms with van der Waals surface area (Å²) >= 11 is 0. The van der Waals surface area contributed by atoms with Crippen molar-refractivity contribution in [2.75, 3.05) is 0 Å². The Labute approximate surface area is 94.3 Å². The average Bonchev–Trinajstić information content (AvgIpc) is 2.83. The van der Waals surface area contributed by atoms with Gasteiger partial charge < -0.3 is 4.98 Å². The van der Waals surface area contributed by atoms with Crippen LogP contribution in [0, 0.1) is 5.82 Å². The molecule has 6 heteroatoms. The molecule has 0 spiro atoms. The number of pyridine rings is 1. The number of nitrogens with one attached hydrogen (secondary N) is 2. The molecule has 3 rings (SSSR count). The minimum Gasteiger partial charge on any atom is -0.319 e. The molecule has 1 aromatic carbocycles. The Bertz CT molecular complexity index is 733. The molecule has 0 unspecified atom stereocenters. The van der Waals surface area contributed by atoms with Gasteiger partial charge in [0.05, 0.1) is 17.3 Å². The van der Waals surface area contributed by atoms with Gasteiger partial charge in [0.25, 0.3) is 5.56 Å². The lowest BCUT2D eigenvalue weighted by molar-refractivity contribution is 0.636. The summed E-state index contributed by atoms with van der Waals surface area (Å²) < 4.78 is 13.4. The van der Waals surface area contributed by atoms with Gasteiger partial charge in [-0.3, -0.25) is 9.89 Å². The maximum atomic E-state index is 13.4. The molecule has 0 aliphatic rings. The van der Waals surface area contributed by atoms with Crippen LogP contribution in [0.1, 0.15) is 0 Å². The average molecular weight is 230 g/mol. The van der Waals surface area contributed by atoms with Crippen molar-refractivity contribution < 1.29 is 4.39 Å². The van der Waals surface area contributed by atoms with E-state index in [-0.39, 0.29) is 5.52 Å². The summed E-state index contributed by atoms with van der Waals surface area (Å²) in [6.45, 7) is 0. The molecule has 84 valence electrons. The summed E-state index contributed by atoms with van der Waals surface area (Å²) in [6.07, 6.45) is 1.51. The van der Waals surface area contributed by atoms with Gasteiger partial charge in [-0.15, -0.1) is 5.10 Å². The van der Waals surface area contributed by atoms with Gasteiger partial charge in [0.15, 0.2) is 0 Å². The first-order valence-electron chi connectivity index (χ1n) is 4.94. The maximum Gasteiger partial charge on any atom is 0.258 e. The highest BCUT2D eigenvalue weighted by atomic mass is 19.1. The molecule has 0 radical (unpaired) electrons. The summed E-state index contributed by atoms with van der Waals surface area (Å²) in [4.78, 5) is 14.3. The third-order valence-electron chi connectivity index (χ3n) is 2.52. The highest BCUT2D eigenvalue weighted by Crippen LogP contribution is 2.18. The normalized spacial score (nSPS) is 10.9.